The second-order valence-corrected chi connectivity index (χ2v) is 4.91. The average Bonchev–Trinajstić information content (AvgIpc) is 2.48. The zero-order chi connectivity index (χ0) is 13.7. The van der Waals surface area contributed by atoms with Gasteiger partial charge in [0, 0.05) is 6.54 Å². The highest BCUT2D eigenvalue weighted by Gasteiger charge is 2.08. The van der Waals surface area contributed by atoms with Crippen LogP contribution in [0.2, 0.25) is 0 Å². The summed E-state index contributed by atoms with van der Waals surface area (Å²) in [6, 6.07) is 16.8. The van der Waals surface area contributed by atoms with Crippen molar-refractivity contribution in [3.8, 4) is 0 Å². The van der Waals surface area contributed by atoms with E-state index in [0.29, 0.717) is 6.54 Å². The molecule has 0 amide bonds. The summed E-state index contributed by atoms with van der Waals surface area (Å²) in [4.78, 5) is 0. The molecule has 0 bridgehead atoms. The van der Waals surface area contributed by atoms with E-state index in [1.807, 2.05) is 12.1 Å². The smallest absolute Gasteiger partial charge is 0.0551 e. The molecule has 2 nitrogen and oxygen atoms in total. The first-order valence-corrected chi connectivity index (χ1v) is 6.88. The summed E-state index contributed by atoms with van der Waals surface area (Å²) in [5.41, 5.74) is 16.7. The third-order valence-electron chi connectivity index (χ3n) is 3.45. The van der Waals surface area contributed by atoms with Crippen molar-refractivity contribution in [2.45, 2.75) is 32.4 Å². The predicted molar refractivity (Wildman–Crippen MR) is 80.8 cm³/mol. The van der Waals surface area contributed by atoms with Gasteiger partial charge in [0.1, 0.15) is 0 Å². The summed E-state index contributed by atoms with van der Waals surface area (Å²) < 4.78 is 0. The van der Waals surface area contributed by atoms with Gasteiger partial charge in [-0.1, -0.05) is 61.9 Å². The van der Waals surface area contributed by atoms with Gasteiger partial charge in [-0.2, -0.15) is 0 Å². The standard InChI is InChI=1S/C17H22N2/c1-2-3-13-4-8-15(9-5-13)17(19)16-10-6-14(12-18)7-11-16/h4-11,17H,2-3,12,18-19H2,1H3. The number of hydrogen-bond donors (Lipinski definition) is 2. The Labute approximate surface area is 115 Å². The molecule has 4 N–H and O–H groups in total. The molecule has 2 rings (SSSR count). The fraction of sp³-hybridized carbons (Fsp3) is 0.294. The first-order valence-electron chi connectivity index (χ1n) is 6.88. The van der Waals surface area contributed by atoms with Gasteiger partial charge in [-0.25, -0.2) is 0 Å². The van der Waals surface area contributed by atoms with Gasteiger partial charge in [0.2, 0.25) is 0 Å². The molecule has 0 heterocycles. The molecule has 0 saturated carbocycles. The first kappa shape index (κ1) is 13.8. The van der Waals surface area contributed by atoms with Gasteiger partial charge >= 0.3 is 0 Å². The van der Waals surface area contributed by atoms with Crippen molar-refractivity contribution < 1.29 is 0 Å². The van der Waals surface area contributed by atoms with Gasteiger partial charge in [0.25, 0.3) is 0 Å². The van der Waals surface area contributed by atoms with E-state index in [2.05, 4.69) is 43.3 Å². The fourth-order valence-electron chi connectivity index (χ4n) is 2.23. The minimum absolute atomic E-state index is 0.0671. The Balaban J connectivity index is 2.15. The maximum atomic E-state index is 6.30. The molecule has 19 heavy (non-hydrogen) atoms. The van der Waals surface area contributed by atoms with E-state index in [1.165, 1.54) is 12.0 Å². The maximum Gasteiger partial charge on any atom is 0.0551 e. The predicted octanol–water partition coefficient (Wildman–Crippen LogP) is 3.15. The van der Waals surface area contributed by atoms with Crippen LogP contribution in [0.4, 0.5) is 0 Å². The summed E-state index contributed by atoms with van der Waals surface area (Å²) in [7, 11) is 0. The molecular weight excluding hydrogens is 232 g/mol. The Bertz CT molecular complexity index is 500. The normalized spacial score (nSPS) is 12.4. The van der Waals surface area contributed by atoms with E-state index in [4.69, 9.17) is 11.5 Å². The molecule has 0 aliphatic carbocycles. The van der Waals surface area contributed by atoms with Gasteiger partial charge in [-0.15, -0.1) is 0 Å². The van der Waals surface area contributed by atoms with Crippen molar-refractivity contribution in [2.75, 3.05) is 0 Å². The molecule has 0 aromatic heterocycles. The topological polar surface area (TPSA) is 52.0 Å². The van der Waals surface area contributed by atoms with Crippen LogP contribution in [0.5, 0.6) is 0 Å². The van der Waals surface area contributed by atoms with Crippen molar-refractivity contribution in [3.63, 3.8) is 0 Å². The summed E-state index contributed by atoms with van der Waals surface area (Å²) in [6.45, 7) is 2.76. The molecule has 2 aromatic carbocycles. The van der Waals surface area contributed by atoms with Crippen LogP contribution >= 0.6 is 0 Å². The van der Waals surface area contributed by atoms with Gasteiger partial charge in [-0.3, -0.25) is 0 Å². The van der Waals surface area contributed by atoms with E-state index < -0.39 is 0 Å². The zero-order valence-corrected chi connectivity index (χ0v) is 11.5. The van der Waals surface area contributed by atoms with E-state index >= 15 is 0 Å². The lowest BCUT2D eigenvalue weighted by Crippen LogP contribution is -2.12. The Morgan fingerprint density at radius 2 is 1.32 bits per heavy atom. The van der Waals surface area contributed by atoms with Crippen LogP contribution in [-0.2, 0) is 13.0 Å². The number of rotatable bonds is 5. The molecule has 1 atom stereocenters. The Morgan fingerprint density at radius 3 is 1.74 bits per heavy atom. The Morgan fingerprint density at radius 1 is 0.842 bits per heavy atom. The highest BCUT2D eigenvalue weighted by atomic mass is 14.6. The third-order valence-corrected chi connectivity index (χ3v) is 3.45. The number of aryl methyl sites for hydroxylation is 1. The third kappa shape index (κ3) is 3.43. The van der Waals surface area contributed by atoms with Crippen LogP contribution in [0, 0.1) is 0 Å². The van der Waals surface area contributed by atoms with Crippen molar-refractivity contribution in [1.29, 1.82) is 0 Å². The molecule has 0 radical (unpaired) electrons. The molecule has 2 heteroatoms. The molecule has 0 saturated heterocycles. The maximum absolute atomic E-state index is 6.30. The number of benzene rings is 2. The summed E-state index contributed by atoms with van der Waals surface area (Å²) in [6.07, 6.45) is 2.30. The molecule has 0 spiro atoms. The lowest BCUT2D eigenvalue weighted by atomic mass is 9.97. The van der Waals surface area contributed by atoms with Gasteiger partial charge in [-0.05, 0) is 28.7 Å². The molecule has 0 aliphatic heterocycles. The van der Waals surface area contributed by atoms with Crippen LogP contribution in [0.25, 0.3) is 0 Å². The van der Waals surface area contributed by atoms with Crippen LogP contribution in [0.1, 0.15) is 41.6 Å². The quantitative estimate of drug-likeness (QED) is 0.861. The Kier molecular flexibility index (Phi) is 4.72. The average molecular weight is 254 g/mol. The minimum Gasteiger partial charge on any atom is -0.326 e. The lowest BCUT2D eigenvalue weighted by molar-refractivity contribution is 0.863. The zero-order valence-electron chi connectivity index (χ0n) is 11.5. The summed E-state index contributed by atoms with van der Waals surface area (Å²) in [5, 5.41) is 0. The Hall–Kier alpha value is -1.64. The number of hydrogen-bond acceptors (Lipinski definition) is 2. The van der Waals surface area contributed by atoms with E-state index in [0.717, 1.165) is 23.1 Å². The summed E-state index contributed by atoms with van der Waals surface area (Å²) >= 11 is 0. The van der Waals surface area contributed by atoms with Crippen molar-refractivity contribution in [1.82, 2.24) is 0 Å². The van der Waals surface area contributed by atoms with Crippen LogP contribution in [-0.4, -0.2) is 0 Å². The van der Waals surface area contributed by atoms with E-state index in [-0.39, 0.29) is 6.04 Å². The van der Waals surface area contributed by atoms with Gasteiger partial charge in [0.15, 0.2) is 0 Å². The minimum atomic E-state index is -0.0671. The van der Waals surface area contributed by atoms with Gasteiger partial charge in [0.05, 0.1) is 6.04 Å². The van der Waals surface area contributed by atoms with Crippen molar-refractivity contribution in [2.24, 2.45) is 11.5 Å². The first-order chi connectivity index (χ1) is 9.24. The van der Waals surface area contributed by atoms with Crippen LogP contribution in [0.15, 0.2) is 48.5 Å². The highest BCUT2D eigenvalue weighted by molar-refractivity contribution is 5.34. The fourth-order valence-corrected chi connectivity index (χ4v) is 2.23. The number of nitrogens with two attached hydrogens (primary N) is 2. The molecule has 0 fully saturated rings. The van der Waals surface area contributed by atoms with Crippen molar-refractivity contribution in [3.05, 3.63) is 70.8 Å². The van der Waals surface area contributed by atoms with E-state index in [9.17, 15) is 0 Å². The molecule has 1 unspecified atom stereocenters. The SMILES string of the molecule is CCCc1ccc(C(N)c2ccc(CN)cc2)cc1. The molecule has 2 aromatic rings. The molecule has 0 aliphatic rings. The molecular formula is C17H22N2. The monoisotopic (exact) mass is 254 g/mol. The lowest BCUT2D eigenvalue weighted by Gasteiger charge is -2.13. The van der Waals surface area contributed by atoms with Gasteiger partial charge < -0.3 is 11.5 Å². The van der Waals surface area contributed by atoms with Crippen LogP contribution in [0.3, 0.4) is 0 Å². The van der Waals surface area contributed by atoms with E-state index in [1.54, 1.807) is 0 Å². The molecule has 100 valence electrons. The van der Waals surface area contributed by atoms with Crippen molar-refractivity contribution >= 4 is 0 Å². The highest BCUT2D eigenvalue weighted by Crippen LogP contribution is 2.20. The van der Waals surface area contributed by atoms with Crippen LogP contribution < -0.4 is 11.5 Å². The second kappa shape index (κ2) is 6.50. The second-order valence-electron chi connectivity index (χ2n) is 4.91. The largest absolute Gasteiger partial charge is 0.326 e. The summed E-state index contributed by atoms with van der Waals surface area (Å²) in [5.74, 6) is 0.